The minimum atomic E-state index is -1.12. The van der Waals surface area contributed by atoms with Crippen molar-refractivity contribution < 1.29 is 24.2 Å². The van der Waals surface area contributed by atoms with Gasteiger partial charge in [0, 0.05) is 6.92 Å². The van der Waals surface area contributed by atoms with E-state index in [9.17, 15) is 9.59 Å². The van der Waals surface area contributed by atoms with Gasteiger partial charge >= 0.3 is 11.9 Å². The number of carbonyl (C=O) groups excluding carboxylic acids is 1. The Kier molecular flexibility index (Phi) is 3.89. The standard InChI is InChI=1S/C10H9BrO5/c1-5(12)16-9-7(15-2)4-3-6(8(9)11)10(13)14/h3-4H,1-2H3,(H,13,14). The highest BCUT2D eigenvalue weighted by Crippen LogP contribution is 2.37. The molecule has 0 spiro atoms. The van der Waals surface area contributed by atoms with Crippen LogP contribution in [0.15, 0.2) is 16.6 Å². The summed E-state index contributed by atoms with van der Waals surface area (Å²) in [6.45, 7) is 1.22. The number of benzene rings is 1. The zero-order chi connectivity index (χ0) is 12.3. The first-order valence-corrected chi connectivity index (χ1v) is 5.05. The lowest BCUT2D eigenvalue weighted by Crippen LogP contribution is -2.06. The van der Waals surface area contributed by atoms with E-state index in [1.807, 2.05) is 0 Å². The highest BCUT2D eigenvalue weighted by atomic mass is 79.9. The molecule has 0 bridgehead atoms. The monoisotopic (exact) mass is 288 g/mol. The molecule has 1 rings (SSSR count). The van der Waals surface area contributed by atoms with Gasteiger partial charge in [0.25, 0.3) is 0 Å². The number of esters is 1. The van der Waals surface area contributed by atoms with Crippen molar-refractivity contribution in [2.24, 2.45) is 0 Å². The molecule has 1 aromatic carbocycles. The molecular weight excluding hydrogens is 280 g/mol. The second-order valence-electron chi connectivity index (χ2n) is 2.86. The van der Waals surface area contributed by atoms with Crippen LogP contribution in [0.2, 0.25) is 0 Å². The average Bonchev–Trinajstić information content (AvgIpc) is 2.19. The highest BCUT2D eigenvalue weighted by Gasteiger charge is 2.18. The summed E-state index contributed by atoms with van der Waals surface area (Å²) in [6.07, 6.45) is 0. The SMILES string of the molecule is COc1ccc(C(=O)O)c(Br)c1OC(C)=O. The Morgan fingerprint density at radius 1 is 1.38 bits per heavy atom. The van der Waals surface area contributed by atoms with E-state index < -0.39 is 11.9 Å². The fourth-order valence-corrected chi connectivity index (χ4v) is 1.68. The Labute approximate surface area is 100 Å². The molecule has 1 aromatic rings. The molecular formula is C10H9BrO5. The minimum Gasteiger partial charge on any atom is -0.493 e. The molecule has 5 nitrogen and oxygen atoms in total. The van der Waals surface area contributed by atoms with Crippen LogP contribution >= 0.6 is 15.9 Å². The van der Waals surface area contributed by atoms with Crippen LogP contribution in [0.1, 0.15) is 17.3 Å². The van der Waals surface area contributed by atoms with Crippen molar-refractivity contribution >= 4 is 27.9 Å². The van der Waals surface area contributed by atoms with Gasteiger partial charge in [0.15, 0.2) is 11.5 Å². The van der Waals surface area contributed by atoms with Gasteiger partial charge in [-0.3, -0.25) is 4.79 Å². The first kappa shape index (κ1) is 12.5. The number of hydrogen-bond acceptors (Lipinski definition) is 4. The summed E-state index contributed by atoms with van der Waals surface area (Å²) in [6, 6.07) is 2.78. The topological polar surface area (TPSA) is 72.8 Å². The molecule has 1 N–H and O–H groups in total. The summed E-state index contributed by atoms with van der Waals surface area (Å²) in [5, 5.41) is 8.88. The van der Waals surface area contributed by atoms with Crippen LogP contribution in [0, 0.1) is 0 Å². The molecule has 0 atom stereocenters. The maximum Gasteiger partial charge on any atom is 0.336 e. The lowest BCUT2D eigenvalue weighted by Gasteiger charge is -2.11. The molecule has 86 valence electrons. The highest BCUT2D eigenvalue weighted by molar-refractivity contribution is 9.10. The fourth-order valence-electron chi connectivity index (χ4n) is 1.10. The summed E-state index contributed by atoms with van der Waals surface area (Å²) >= 11 is 3.06. The normalized spacial score (nSPS) is 9.69. The van der Waals surface area contributed by atoms with Crippen LogP contribution < -0.4 is 9.47 Å². The van der Waals surface area contributed by atoms with Gasteiger partial charge in [-0.2, -0.15) is 0 Å². The van der Waals surface area contributed by atoms with Gasteiger partial charge in [0.05, 0.1) is 17.1 Å². The quantitative estimate of drug-likeness (QED) is 0.681. The van der Waals surface area contributed by atoms with Gasteiger partial charge in [-0.15, -0.1) is 0 Å². The molecule has 0 saturated carbocycles. The zero-order valence-corrected chi connectivity index (χ0v) is 10.2. The summed E-state index contributed by atoms with van der Waals surface area (Å²) in [4.78, 5) is 21.7. The van der Waals surface area contributed by atoms with Crippen molar-refractivity contribution in [2.45, 2.75) is 6.92 Å². The van der Waals surface area contributed by atoms with Crippen LogP contribution in [0.5, 0.6) is 11.5 Å². The Hall–Kier alpha value is -1.56. The van der Waals surface area contributed by atoms with E-state index in [-0.39, 0.29) is 21.5 Å². The van der Waals surface area contributed by atoms with E-state index in [2.05, 4.69) is 15.9 Å². The van der Waals surface area contributed by atoms with E-state index >= 15 is 0 Å². The maximum absolute atomic E-state index is 10.9. The second kappa shape index (κ2) is 4.98. The maximum atomic E-state index is 10.9. The molecule has 0 aliphatic carbocycles. The lowest BCUT2D eigenvalue weighted by atomic mass is 10.2. The Morgan fingerprint density at radius 3 is 2.44 bits per heavy atom. The Balaban J connectivity index is 3.34. The number of carbonyl (C=O) groups is 2. The Morgan fingerprint density at radius 2 is 2.00 bits per heavy atom. The molecule has 0 radical (unpaired) electrons. The van der Waals surface area contributed by atoms with Gasteiger partial charge in [-0.05, 0) is 28.1 Å². The molecule has 0 fully saturated rings. The van der Waals surface area contributed by atoms with Crippen molar-refractivity contribution in [2.75, 3.05) is 7.11 Å². The number of rotatable bonds is 3. The third-order valence-corrected chi connectivity index (χ3v) is 2.54. The predicted molar refractivity (Wildman–Crippen MR) is 59.0 cm³/mol. The molecule has 0 aliphatic rings. The number of hydrogen-bond donors (Lipinski definition) is 1. The zero-order valence-electron chi connectivity index (χ0n) is 8.61. The van der Waals surface area contributed by atoms with Crippen LogP contribution in [-0.4, -0.2) is 24.2 Å². The number of methoxy groups -OCH3 is 1. The third-order valence-electron chi connectivity index (χ3n) is 1.76. The summed E-state index contributed by atoms with van der Waals surface area (Å²) in [5.74, 6) is -1.33. The number of ether oxygens (including phenoxy) is 2. The van der Waals surface area contributed by atoms with E-state index in [0.717, 1.165) is 0 Å². The fraction of sp³-hybridized carbons (Fsp3) is 0.200. The summed E-state index contributed by atoms with van der Waals surface area (Å²) < 4.78 is 10.0. The van der Waals surface area contributed by atoms with Crippen LogP contribution in [-0.2, 0) is 4.79 Å². The first-order chi connectivity index (χ1) is 7.47. The minimum absolute atomic E-state index is 0.00273. The van der Waals surface area contributed by atoms with E-state index in [1.165, 1.54) is 26.2 Å². The number of carboxylic acids is 1. The van der Waals surface area contributed by atoms with Crippen LogP contribution in [0.25, 0.3) is 0 Å². The summed E-state index contributed by atoms with van der Waals surface area (Å²) in [5.41, 5.74) is -0.00273. The molecule has 0 aromatic heterocycles. The van der Waals surface area contributed by atoms with Crippen molar-refractivity contribution in [1.29, 1.82) is 0 Å². The van der Waals surface area contributed by atoms with Crippen molar-refractivity contribution in [3.63, 3.8) is 0 Å². The smallest absolute Gasteiger partial charge is 0.336 e. The molecule has 0 amide bonds. The van der Waals surface area contributed by atoms with E-state index in [4.69, 9.17) is 14.6 Å². The average molecular weight is 289 g/mol. The molecule has 16 heavy (non-hydrogen) atoms. The number of halogens is 1. The largest absolute Gasteiger partial charge is 0.493 e. The van der Waals surface area contributed by atoms with Crippen LogP contribution in [0.3, 0.4) is 0 Å². The Bertz CT molecular complexity index is 441. The van der Waals surface area contributed by atoms with Crippen molar-refractivity contribution in [3.05, 3.63) is 22.2 Å². The number of aromatic carboxylic acids is 1. The van der Waals surface area contributed by atoms with Crippen molar-refractivity contribution in [1.82, 2.24) is 0 Å². The van der Waals surface area contributed by atoms with Gasteiger partial charge < -0.3 is 14.6 Å². The third kappa shape index (κ3) is 2.52. The molecule has 0 aliphatic heterocycles. The van der Waals surface area contributed by atoms with Crippen molar-refractivity contribution in [3.8, 4) is 11.5 Å². The van der Waals surface area contributed by atoms with Gasteiger partial charge in [0.2, 0.25) is 0 Å². The van der Waals surface area contributed by atoms with Gasteiger partial charge in [-0.25, -0.2) is 4.79 Å². The van der Waals surface area contributed by atoms with E-state index in [0.29, 0.717) is 0 Å². The van der Waals surface area contributed by atoms with Crippen LogP contribution in [0.4, 0.5) is 0 Å². The molecule has 0 unspecified atom stereocenters. The van der Waals surface area contributed by atoms with E-state index in [1.54, 1.807) is 0 Å². The predicted octanol–water partition coefficient (Wildman–Crippen LogP) is 2.08. The molecule has 0 heterocycles. The lowest BCUT2D eigenvalue weighted by molar-refractivity contribution is -0.132. The first-order valence-electron chi connectivity index (χ1n) is 4.25. The molecule has 0 saturated heterocycles. The molecule has 6 heteroatoms. The summed E-state index contributed by atoms with van der Waals surface area (Å²) in [7, 11) is 1.40. The van der Waals surface area contributed by atoms with Gasteiger partial charge in [0.1, 0.15) is 0 Å². The van der Waals surface area contributed by atoms with Gasteiger partial charge in [-0.1, -0.05) is 0 Å². The second-order valence-corrected chi connectivity index (χ2v) is 3.65. The number of carboxylic acid groups (broad SMARTS) is 1.